The Kier molecular flexibility index (Phi) is 13.6. The molecule has 2 aromatic carbocycles. The first kappa shape index (κ1) is 32.9. The van der Waals surface area contributed by atoms with Crippen LogP contribution in [0.3, 0.4) is 0 Å². The van der Waals surface area contributed by atoms with E-state index in [4.69, 9.17) is 4.74 Å². The molecule has 0 spiro atoms. The van der Waals surface area contributed by atoms with Crippen molar-refractivity contribution in [2.45, 2.75) is 91.4 Å². The van der Waals surface area contributed by atoms with E-state index >= 15 is 0 Å². The van der Waals surface area contributed by atoms with E-state index in [-0.39, 0.29) is 18.2 Å². The maximum Gasteiger partial charge on any atom is 0.262 e. The lowest BCUT2D eigenvalue weighted by atomic mass is 10.1. The Hall–Kier alpha value is -3.61. The molecule has 0 aliphatic rings. The van der Waals surface area contributed by atoms with Crippen LogP contribution in [-0.4, -0.2) is 53.9 Å². The minimum absolute atomic E-state index is 0.0584. The number of benzene rings is 2. The van der Waals surface area contributed by atoms with Crippen molar-refractivity contribution in [2.24, 2.45) is 0 Å². The van der Waals surface area contributed by atoms with E-state index in [1.165, 1.54) is 0 Å². The fourth-order valence-corrected chi connectivity index (χ4v) is 5.38. The summed E-state index contributed by atoms with van der Waals surface area (Å²) < 4.78 is 7.13. The second-order valence-corrected chi connectivity index (χ2v) is 11.1. The van der Waals surface area contributed by atoms with Crippen LogP contribution in [0.25, 0.3) is 10.9 Å². The van der Waals surface area contributed by atoms with Gasteiger partial charge in [-0.05, 0) is 68.5 Å². The number of methoxy groups -OCH3 is 1. The SMILES string of the molecule is CCCCN(CCCC)C(=O)CCCCCCCNC(=O)Cc1c(C)n(C(=O)c2ccccc2)c2ccc(OC)cc12. The van der Waals surface area contributed by atoms with Gasteiger partial charge in [0, 0.05) is 42.7 Å². The fraction of sp³-hybridized carbons (Fsp3) is 0.514. The number of hydrogen-bond donors (Lipinski definition) is 1. The number of fused-ring (bicyclic) bond motifs is 1. The Balaban J connectivity index is 1.48. The van der Waals surface area contributed by atoms with Gasteiger partial charge in [0.15, 0.2) is 0 Å². The largest absolute Gasteiger partial charge is 0.497 e. The van der Waals surface area contributed by atoms with Gasteiger partial charge >= 0.3 is 0 Å². The summed E-state index contributed by atoms with van der Waals surface area (Å²) in [7, 11) is 1.61. The molecule has 1 heterocycles. The van der Waals surface area contributed by atoms with Gasteiger partial charge < -0.3 is 15.0 Å². The van der Waals surface area contributed by atoms with E-state index in [2.05, 4.69) is 24.1 Å². The van der Waals surface area contributed by atoms with Gasteiger partial charge in [-0.2, -0.15) is 0 Å². The number of aromatic nitrogens is 1. The lowest BCUT2D eigenvalue weighted by Crippen LogP contribution is -2.32. The normalized spacial score (nSPS) is 11.0. The average molecular weight is 576 g/mol. The van der Waals surface area contributed by atoms with E-state index in [0.717, 1.165) is 93.0 Å². The molecular weight excluding hydrogens is 526 g/mol. The van der Waals surface area contributed by atoms with Gasteiger partial charge in [0.2, 0.25) is 11.8 Å². The summed E-state index contributed by atoms with van der Waals surface area (Å²) in [6.07, 6.45) is 10.1. The molecule has 1 N–H and O–H groups in total. The standard InChI is InChI=1S/C35H49N3O4/c1-5-7-23-37(24-8-6-2)34(40)19-15-10-9-11-16-22-36-33(39)26-30-27(3)38(35(41)28-17-13-12-14-18-28)32-21-20-29(42-4)25-31(30)32/h12-14,17-18,20-21,25H,5-11,15-16,19,22-24,26H2,1-4H3,(H,36,39). The molecule has 0 saturated heterocycles. The lowest BCUT2D eigenvalue weighted by molar-refractivity contribution is -0.131. The number of nitrogens with one attached hydrogen (secondary N) is 1. The molecule has 2 amide bonds. The second-order valence-electron chi connectivity index (χ2n) is 11.1. The Morgan fingerprint density at radius 2 is 1.52 bits per heavy atom. The van der Waals surface area contributed by atoms with Gasteiger partial charge in [-0.15, -0.1) is 0 Å². The van der Waals surface area contributed by atoms with Gasteiger partial charge in [0.1, 0.15) is 5.75 Å². The Labute approximate surface area is 251 Å². The van der Waals surface area contributed by atoms with Crippen LogP contribution in [0.15, 0.2) is 48.5 Å². The Morgan fingerprint density at radius 1 is 0.857 bits per heavy atom. The summed E-state index contributed by atoms with van der Waals surface area (Å²) in [5.41, 5.74) is 2.96. The van der Waals surface area contributed by atoms with Gasteiger partial charge in [-0.3, -0.25) is 19.0 Å². The summed E-state index contributed by atoms with van der Waals surface area (Å²) in [5, 5.41) is 3.91. The zero-order valence-corrected chi connectivity index (χ0v) is 26.0. The number of rotatable bonds is 18. The molecule has 1 aromatic heterocycles. The molecular formula is C35H49N3O4. The molecule has 0 radical (unpaired) electrons. The van der Waals surface area contributed by atoms with Gasteiger partial charge in [0.05, 0.1) is 19.0 Å². The van der Waals surface area contributed by atoms with Crippen molar-refractivity contribution in [3.63, 3.8) is 0 Å². The van der Waals surface area contributed by atoms with Crippen LogP contribution < -0.4 is 10.1 Å². The number of carbonyl (C=O) groups excluding carboxylic acids is 3. The van der Waals surface area contributed by atoms with Crippen molar-refractivity contribution in [1.82, 2.24) is 14.8 Å². The minimum Gasteiger partial charge on any atom is -0.497 e. The Morgan fingerprint density at radius 3 is 2.19 bits per heavy atom. The second kappa shape index (κ2) is 17.4. The van der Waals surface area contributed by atoms with Crippen LogP contribution in [0.1, 0.15) is 99.7 Å². The van der Waals surface area contributed by atoms with E-state index in [1.807, 2.05) is 43.3 Å². The third-order valence-corrected chi connectivity index (χ3v) is 7.91. The summed E-state index contributed by atoms with van der Waals surface area (Å²) in [4.78, 5) is 41.0. The van der Waals surface area contributed by atoms with Crippen LogP contribution in [0.5, 0.6) is 5.75 Å². The van der Waals surface area contributed by atoms with Crippen molar-refractivity contribution in [3.8, 4) is 5.75 Å². The molecule has 0 aliphatic carbocycles. The molecule has 7 heteroatoms. The predicted octanol–water partition coefficient (Wildman–Crippen LogP) is 7.07. The molecule has 0 aliphatic heterocycles. The monoisotopic (exact) mass is 575 g/mol. The molecule has 0 fully saturated rings. The molecule has 3 aromatic rings. The van der Waals surface area contributed by atoms with E-state index in [9.17, 15) is 14.4 Å². The lowest BCUT2D eigenvalue weighted by Gasteiger charge is -2.22. The van der Waals surface area contributed by atoms with E-state index in [1.54, 1.807) is 23.8 Å². The highest BCUT2D eigenvalue weighted by atomic mass is 16.5. The smallest absolute Gasteiger partial charge is 0.262 e. The molecule has 0 unspecified atom stereocenters. The maximum atomic E-state index is 13.4. The summed E-state index contributed by atoms with van der Waals surface area (Å²) >= 11 is 0. The summed E-state index contributed by atoms with van der Waals surface area (Å²) in [5.74, 6) is 0.803. The van der Waals surface area contributed by atoms with Crippen molar-refractivity contribution >= 4 is 28.6 Å². The van der Waals surface area contributed by atoms with Crippen LogP contribution >= 0.6 is 0 Å². The number of hydrogen-bond acceptors (Lipinski definition) is 4. The summed E-state index contributed by atoms with van der Waals surface area (Å²) in [6, 6.07) is 14.8. The molecule has 7 nitrogen and oxygen atoms in total. The molecule has 3 rings (SSSR count). The predicted molar refractivity (Wildman–Crippen MR) is 170 cm³/mol. The minimum atomic E-state index is -0.119. The molecule has 0 atom stereocenters. The first-order chi connectivity index (χ1) is 20.4. The molecule has 0 bridgehead atoms. The van der Waals surface area contributed by atoms with Gasteiger partial charge in [-0.25, -0.2) is 0 Å². The highest BCUT2D eigenvalue weighted by molar-refractivity contribution is 6.05. The number of nitrogens with zero attached hydrogens (tertiary/aromatic N) is 2. The number of unbranched alkanes of at least 4 members (excludes halogenated alkanes) is 6. The molecule has 0 saturated carbocycles. The van der Waals surface area contributed by atoms with Gasteiger partial charge in [-0.1, -0.05) is 64.2 Å². The quantitative estimate of drug-likeness (QED) is 0.164. The first-order valence-corrected chi connectivity index (χ1v) is 15.7. The van der Waals surface area contributed by atoms with E-state index < -0.39 is 0 Å². The number of ether oxygens (including phenoxy) is 1. The zero-order chi connectivity index (χ0) is 30.3. The Bertz CT molecular complexity index is 1290. The number of carbonyl (C=O) groups is 3. The van der Waals surface area contributed by atoms with Crippen molar-refractivity contribution in [1.29, 1.82) is 0 Å². The van der Waals surface area contributed by atoms with Crippen molar-refractivity contribution < 1.29 is 19.1 Å². The van der Waals surface area contributed by atoms with Crippen LogP contribution in [0, 0.1) is 6.92 Å². The highest BCUT2D eigenvalue weighted by Gasteiger charge is 2.22. The highest BCUT2D eigenvalue weighted by Crippen LogP contribution is 2.30. The molecule has 228 valence electrons. The van der Waals surface area contributed by atoms with Crippen LogP contribution in [0.2, 0.25) is 0 Å². The fourth-order valence-electron chi connectivity index (χ4n) is 5.38. The maximum absolute atomic E-state index is 13.4. The first-order valence-electron chi connectivity index (χ1n) is 15.7. The van der Waals surface area contributed by atoms with Crippen molar-refractivity contribution in [3.05, 3.63) is 65.4 Å². The number of amides is 2. The molecule has 42 heavy (non-hydrogen) atoms. The van der Waals surface area contributed by atoms with E-state index in [0.29, 0.717) is 30.2 Å². The topological polar surface area (TPSA) is 80.6 Å². The van der Waals surface area contributed by atoms with Crippen LogP contribution in [0.4, 0.5) is 0 Å². The average Bonchev–Trinajstić information content (AvgIpc) is 3.28. The van der Waals surface area contributed by atoms with Crippen molar-refractivity contribution in [2.75, 3.05) is 26.7 Å². The summed E-state index contributed by atoms with van der Waals surface area (Å²) in [6.45, 7) is 8.60. The van der Waals surface area contributed by atoms with Crippen LogP contribution in [-0.2, 0) is 16.0 Å². The third-order valence-electron chi connectivity index (χ3n) is 7.91. The zero-order valence-electron chi connectivity index (χ0n) is 26.0. The van der Waals surface area contributed by atoms with Gasteiger partial charge in [0.25, 0.3) is 5.91 Å². The third kappa shape index (κ3) is 9.20.